The topological polar surface area (TPSA) is 78.8 Å². The molecule has 2 aliphatic carbocycles. The van der Waals surface area contributed by atoms with Crippen LogP contribution in [0.5, 0.6) is 0 Å². The molecule has 142 valence electrons. The number of imide groups is 1. The summed E-state index contributed by atoms with van der Waals surface area (Å²) in [5.74, 6) is -0.611. The van der Waals surface area contributed by atoms with E-state index in [4.69, 9.17) is 0 Å². The average Bonchev–Trinajstić information content (AvgIpc) is 2.96. The smallest absolute Gasteiger partial charge is 0.261 e. The summed E-state index contributed by atoms with van der Waals surface area (Å²) in [6.07, 6.45) is 3.32. The minimum Gasteiger partial charge on any atom is -0.274 e. The summed E-state index contributed by atoms with van der Waals surface area (Å²) in [5, 5.41) is 4.40. The number of hydrogen-bond donors (Lipinski definition) is 1. The molecule has 1 heterocycles. The lowest BCUT2D eigenvalue weighted by molar-refractivity contribution is -0.133. The highest BCUT2D eigenvalue weighted by Gasteiger charge is 2.60. The number of nitrogens with zero attached hydrogens (tertiary/aromatic N) is 2. The van der Waals surface area contributed by atoms with Crippen LogP contribution in [0.3, 0.4) is 0 Å². The summed E-state index contributed by atoms with van der Waals surface area (Å²) in [5.41, 5.74) is 4.99. The SMILES string of the molecule is CC1(C)[C@@H]2CC[C@]1(C)/C(=N/NC(=O)CN1C(=O)Cc3ccccc3C1=O)C2. The van der Waals surface area contributed by atoms with E-state index in [1.807, 2.05) is 0 Å². The summed E-state index contributed by atoms with van der Waals surface area (Å²) in [6.45, 7) is 6.47. The fraction of sp³-hybridized carbons (Fsp3) is 0.524. The number of hydrogen-bond acceptors (Lipinski definition) is 4. The molecule has 0 aromatic heterocycles. The largest absolute Gasteiger partial charge is 0.274 e. The Balaban J connectivity index is 1.45. The van der Waals surface area contributed by atoms with Gasteiger partial charge in [0.1, 0.15) is 6.54 Å². The van der Waals surface area contributed by atoms with Crippen LogP contribution in [0.4, 0.5) is 0 Å². The molecule has 1 aliphatic heterocycles. The third-order valence-electron chi connectivity index (χ3n) is 7.27. The van der Waals surface area contributed by atoms with E-state index in [0.29, 0.717) is 17.0 Å². The first-order valence-electron chi connectivity index (χ1n) is 9.52. The van der Waals surface area contributed by atoms with Crippen LogP contribution in [0.2, 0.25) is 0 Å². The van der Waals surface area contributed by atoms with Crippen molar-refractivity contribution in [2.75, 3.05) is 6.54 Å². The first-order chi connectivity index (χ1) is 12.7. The summed E-state index contributed by atoms with van der Waals surface area (Å²) >= 11 is 0. The lowest BCUT2D eigenvalue weighted by Crippen LogP contribution is -2.47. The molecule has 2 fully saturated rings. The van der Waals surface area contributed by atoms with Gasteiger partial charge in [0.15, 0.2) is 0 Å². The molecular weight excluding hydrogens is 342 g/mol. The molecule has 3 amide bonds. The van der Waals surface area contributed by atoms with Gasteiger partial charge in [0.25, 0.3) is 11.8 Å². The van der Waals surface area contributed by atoms with Crippen LogP contribution >= 0.6 is 0 Å². The number of hydrazone groups is 1. The van der Waals surface area contributed by atoms with Crippen molar-refractivity contribution in [3.63, 3.8) is 0 Å². The Morgan fingerprint density at radius 1 is 1.26 bits per heavy atom. The predicted octanol–water partition coefficient (Wildman–Crippen LogP) is 2.53. The number of fused-ring (bicyclic) bond motifs is 3. The highest BCUT2D eigenvalue weighted by molar-refractivity contribution is 6.11. The fourth-order valence-electron chi connectivity index (χ4n) is 4.97. The first kappa shape index (κ1) is 17.9. The van der Waals surface area contributed by atoms with E-state index in [9.17, 15) is 14.4 Å². The molecular formula is C21H25N3O3. The van der Waals surface area contributed by atoms with Crippen LogP contribution in [0.25, 0.3) is 0 Å². The second-order valence-electron chi connectivity index (χ2n) is 8.71. The molecule has 3 aliphatic rings. The molecule has 1 aromatic carbocycles. The van der Waals surface area contributed by atoms with Crippen LogP contribution in [0.1, 0.15) is 56.0 Å². The summed E-state index contributed by atoms with van der Waals surface area (Å²) < 4.78 is 0. The number of rotatable bonds is 3. The van der Waals surface area contributed by atoms with Gasteiger partial charge in [-0.1, -0.05) is 39.0 Å². The Kier molecular flexibility index (Phi) is 3.98. The molecule has 6 heteroatoms. The molecule has 2 atom stereocenters. The number of carbonyl (C=O) groups excluding carboxylic acids is 3. The Morgan fingerprint density at radius 3 is 2.67 bits per heavy atom. The third-order valence-corrected chi connectivity index (χ3v) is 7.27. The van der Waals surface area contributed by atoms with E-state index < -0.39 is 11.8 Å². The lowest BCUT2D eigenvalue weighted by atomic mass is 9.70. The van der Waals surface area contributed by atoms with Gasteiger partial charge in [-0.15, -0.1) is 0 Å². The van der Waals surface area contributed by atoms with Crippen LogP contribution < -0.4 is 5.43 Å². The molecule has 0 saturated heterocycles. The third kappa shape index (κ3) is 2.61. The molecule has 0 unspecified atom stereocenters. The summed E-state index contributed by atoms with van der Waals surface area (Å²) in [4.78, 5) is 38.2. The van der Waals surface area contributed by atoms with Gasteiger partial charge < -0.3 is 0 Å². The van der Waals surface area contributed by atoms with Crippen molar-refractivity contribution in [3.8, 4) is 0 Å². The van der Waals surface area contributed by atoms with Crippen LogP contribution in [-0.4, -0.2) is 34.9 Å². The number of amides is 3. The van der Waals surface area contributed by atoms with Gasteiger partial charge in [0, 0.05) is 16.7 Å². The van der Waals surface area contributed by atoms with Gasteiger partial charge in [-0.2, -0.15) is 5.10 Å². The molecule has 0 spiro atoms. The first-order valence-corrected chi connectivity index (χ1v) is 9.52. The molecule has 1 aromatic rings. The average molecular weight is 367 g/mol. The monoisotopic (exact) mass is 367 g/mol. The van der Waals surface area contributed by atoms with Crippen LogP contribution in [0.15, 0.2) is 29.4 Å². The normalized spacial score (nSPS) is 30.0. The maximum Gasteiger partial charge on any atom is 0.261 e. The molecule has 6 nitrogen and oxygen atoms in total. The number of carbonyl (C=O) groups is 3. The van der Waals surface area contributed by atoms with Crippen molar-refractivity contribution in [1.82, 2.24) is 10.3 Å². The molecule has 1 N–H and O–H groups in total. The van der Waals surface area contributed by atoms with Crippen molar-refractivity contribution >= 4 is 23.4 Å². The van der Waals surface area contributed by atoms with Crippen molar-refractivity contribution in [3.05, 3.63) is 35.4 Å². The minimum absolute atomic E-state index is 0.000645. The fourth-order valence-corrected chi connectivity index (χ4v) is 4.97. The quantitative estimate of drug-likeness (QED) is 0.659. The standard InChI is InChI=1S/C21H25N3O3/c1-20(2)14-8-9-21(20,3)16(11-14)22-23-17(25)12-24-18(26)10-13-6-4-5-7-15(13)19(24)27/h4-7,14H,8-12H2,1-3H3,(H,23,25)/b22-16+/t14-,21-/m1/s1. The molecule has 0 radical (unpaired) electrons. The van der Waals surface area contributed by atoms with Crippen molar-refractivity contribution in [2.45, 2.75) is 46.5 Å². The lowest BCUT2D eigenvalue weighted by Gasteiger charge is -2.34. The van der Waals surface area contributed by atoms with Gasteiger partial charge in [0.2, 0.25) is 5.91 Å². The van der Waals surface area contributed by atoms with Gasteiger partial charge in [-0.05, 0) is 42.2 Å². The zero-order valence-corrected chi connectivity index (χ0v) is 16.0. The van der Waals surface area contributed by atoms with Crippen molar-refractivity contribution < 1.29 is 14.4 Å². The highest BCUT2D eigenvalue weighted by atomic mass is 16.2. The van der Waals surface area contributed by atoms with Crippen LogP contribution in [-0.2, 0) is 16.0 Å². The molecule has 27 heavy (non-hydrogen) atoms. The zero-order valence-electron chi connectivity index (χ0n) is 16.0. The Morgan fingerprint density at radius 2 is 2.00 bits per heavy atom. The number of nitrogens with one attached hydrogen (secondary N) is 1. The zero-order chi connectivity index (χ0) is 19.4. The molecule has 2 bridgehead atoms. The minimum atomic E-state index is -0.437. The Hall–Kier alpha value is -2.50. The van der Waals surface area contributed by atoms with E-state index in [-0.39, 0.29) is 29.7 Å². The van der Waals surface area contributed by atoms with E-state index in [2.05, 4.69) is 31.3 Å². The second kappa shape index (κ2) is 6.01. The van der Waals surface area contributed by atoms with E-state index >= 15 is 0 Å². The maximum absolute atomic E-state index is 12.6. The van der Waals surface area contributed by atoms with Gasteiger partial charge in [0.05, 0.1) is 6.42 Å². The van der Waals surface area contributed by atoms with Gasteiger partial charge in [-0.3, -0.25) is 19.3 Å². The Bertz CT molecular complexity index is 873. The van der Waals surface area contributed by atoms with Gasteiger partial charge >= 0.3 is 0 Å². The number of benzene rings is 1. The molecule has 4 rings (SSSR count). The second-order valence-corrected chi connectivity index (χ2v) is 8.71. The predicted molar refractivity (Wildman–Crippen MR) is 101 cm³/mol. The molecule has 2 saturated carbocycles. The van der Waals surface area contributed by atoms with Crippen molar-refractivity contribution in [2.24, 2.45) is 21.8 Å². The van der Waals surface area contributed by atoms with Gasteiger partial charge in [-0.25, -0.2) is 5.43 Å². The summed E-state index contributed by atoms with van der Waals surface area (Å²) in [6, 6.07) is 7.02. The van der Waals surface area contributed by atoms with E-state index in [1.165, 1.54) is 6.42 Å². The van der Waals surface area contributed by atoms with E-state index in [0.717, 1.165) is 23.5 Å². The van der Waals surface area contributed by atoms with Crippen molar-refractivity contribution in [1.29, 1.82) is 0 Å². The van der Waals surface area contributed by atoms with Crippen LogP contribution in [0, 0.1) is 16.7 Å². The maximum atomic E-state index is 12.6. The highest BCUT2D eigenvalue weighted by Crippen LogP contribution is 2.63. The Labute approximate surface area is 159 Å². The summed E-state index contributed by atoms with van der Waals surface area (Å²) in [7, 11) is 0. The van der Waals surface area contributed by atoms with E-state index in [1.54, 1.807) is 24.3 Å².